The molecule has 0 saturated carbocycles. The summed E-state index contributed by atoms with van der Waals surface area (Å²) >= 11 is 0. The molecular weight excluding hydrogens is 200 g/mol. The Hall–Kier alpha value is -0.870. The molecule has 1 aliphatic rings. The number of hydrogen-bond acceptors (Lipinski definition) is 2. The van der Waals surface area contributed by atoms with Crippen LogP contribution in [0.5, 0.6) is 0 Å². The van der Waals surface area contributed by atoms with Crippen molar-refractivity contribution in [2.45, 2.75) is 30.6 Å². The minimum atomic E-state index is -4.06. The lowest BCUT2D eigenvalue weighted by Crippen LogP contribution is -2.10. The fraction of sp³-hybridized carbons (Fsp3) is 0.400. The molecule has 0 aromatic heterocycles. The molecule has 1 N–H and O–H groups in total. The molecule has 2 rings (SSSR count). The third-order valence-electron chi connectivity index (χ3n) is 2.54. The second-order valence-corrected chi connectivity index (χ2v) is 4.87. The molecule has 1 aliphatic carbocycles. The summed E-state index contributed by atoms with van der Waals surface area (Å²) in [6, 6.07) is 6.00. The van der Waals surface area contributed by atoms with Gasteiger partial charge >= 0.3 is 0 Å². The van der Waals surface area contributed by atoms with Crippen molar-refractivity contribution in [1.82, 2.24) is 0 Å². The summed E-state index contributed by atoms with van der Waals surface area (Å²) in [5, 5.41) is 0. The van der Waals surface area contributed by atoms with Gasteiger partial charge in [0.1, 0.15) is 0 Å². The Morgan fingerprint density at radius 1 is 1.29 bits per heavy atom. The van der Waals surface area contributed by atoms with Crippen molar-refractivity contribution in [3.05, 3.63) is 29.3 Å². The second kappa shape index (κ2) is 3.37. The van der Waals surface area contributed by atoms with Gasteiger partial charge in [-0.15, -0.1) is 0 Å². The van der Waals surface area contributed by atoms with Gasteiger partial charge in [-0.2, -0.15) is 8.42 Å². The Morgan fingerprint density at radius 3 is 2.71 bits per heavy atom. The van der Waals surface area contributed by atoms with Crippen LogP contribution >= 0.6 is 0 Å². The molecule has 14 heavy (non-hydrogen) atoms. The predicted molar refractivity (Wildman–Crippen MR) is 51.7 cm³/mol. The highest BCUT2D eigenvalue weighted by atomic mass is 32.2. The monoisotopic (exact) mass is 211 g/mol. The molecule has 3 nitrogen and oxygen atoms in total. The van der Waals surface area contributed by atoms with Gasteiger partial charge in [-0.3, -0.25) is 4.55 Å². The molecule has 1 aromatic carbocycles. The van der Waals surface area contributed by atoms with Crippen LogP contribution in [-0.2, 0) is 23.0 Å². The van der Waals surface area contributed by atoms with Crippen LogP contribution in [-0.4, -0.2) is 13.0 Å². The van der Waals surface area contributed by atoms with E-state index in [2.05, 4.69) is 6.07 Å². The second-order valence-electron chi connectivity index (χ2n) is 3.48. The Balaban J connectivity index is 2.62. The van der Waals surface area contributed by atoms with Crippen molar-refractivity contribution in [3.63, 3.8) is 0 Å². The van der Waals surface area contributed by atoms with E-state index in [-0.39, 0.29) is 4.90 Å². The molecule has 1 radical (unpaired) electrons. The molecule has 0 amide bonds. The first-order valence-corrected chi connectivity index (χ1v) is 6.03. The van der Waals surface area contributed by atoms with Crippen LogP contribution in [0.3, 0.4) is 0 Å². The van der Waals surface area contributed by atoms with Crippen molar-refractivity contribution in [3.8, 4) is 0 Å². The van der Waals surface area contributed by atoms with Gasteiger partial charge in [-0.1, -0.05) is 6.07 Å². The molecule has 0 saturated heterocycles. The van der Waals surface area contributed by atoms with Crippen LogP contribution < -0.4 is 0 Å². The van der Waals surface area contributed by atoms with E-state index in [0.29, 0.717) is 0 Å². The summed E-state index contributed by atoms with van der Waals surface area (Å²) in [4.78, 5) is 0.0611. The van der Waals surface area contributed by atoms with Gasteiger partial charge < -0.3 is 0 Å². The summed E-state index contributed by atoms with van der Waals surface area (Å²) in [5.74, 6) is 0. The third kappa shape index (κ3) is 1.67. The highest BCUT2D eigenvalue weighted by molar-refractivity contribution is 7.85. The van der Waals surface area contributed by atoms with E-state index < -0.39 is 10.1 Å². The van der Waals surface area contributed by atoms with Crippen LogP contribution in [0.2, 0.25) is 0 Å². The van der Waals surface area contributed by atoms with Crippen LogP contribution in [0.25, 0.3) is 0 Å². The Morgan fingerprint density at radius 2 is 2.00 bits per heavy atom. The topological polar surface area (TPSA) is 54.4 Å². The molecule has 0 bridgehead atoms. The van der Waals surface area contributed by atoms with Gasteiger partial charge in [0.2, 0.25) is 0 Å². The summed E-state index contributed by atoms with van der Waals surface area (Å²) in [5.41, 5.74) is 1.69. The molecule has 0 fully saturated rings. The first-order chi connectivity index (χ1) is 6.59. The van der Waals surface area contributed by atoms with E-state index in [9.17, 15) is 8.42 Å². The minimum absolute atomic E-state index is 0.0611. The van der Waals surface area contributed by atoms with Crippen LogP contribution in [0.4, 0.5) is 0 Å². The lowest BCUT2D eigenvalue weighted by Gasteiger charge is -2.17. The lowest BCUT2D eigenvalue weighted by atomic mass is 9.92. The summed E-state index contributed by atoms with van der Waals surface area (Å²) in [7, 11) is -4.06. The maximum absolute atomic E-state index is 11.0. The first kappa shape index (κ1) is 9.68. The fourth-order valence-corrected chi connectivity index (χ4v) is 2.67. The maximum atomic E-state index is 11.0. The van der Waals surface area contributed by atoms with Crippen molar-refractivity contribution >= 4 is 10.1 Å². The average molecular weight is 211 g/mol. The Bertz CT molecular complexity index is 448. The van der Waals surface area contributed by atoms with Crippen LogP contribution in [0.1, 0.15) is 24.0 Å². The van der Waals surface area contributed by atoms with Gasteiger partial charge in [0, 0.05) is 0 Å². The van der Waals surface area contributed by atoms with Gasteiger partial charge in [0.25, 0.3) is 10.1 Å². The number of hydrogen-bond donors (Lipinski definition) is 1. The molecule has 4 heteroatoms. The number of fused-ring (bicyclic) bond motifs is 1. The van der Waals surface area contributed by atoms with Crippen LogP contribution in [0, 0.1) is 6.07 Å². The maximum Gasteiger partial charge on any atom is 0.294 e. The van der Waals surface area contributed by atoms with E-state index in [1.807, 2.05) is 0 Å². The van der Waals surface area contributed by atoms with Gasteiger partial charge in [-0.25, -0.2) is 0 Å². The quantitative estimate of drug-likeness (QED) is 0.718. The Kier molecular flexibility index (Phi) is 2.33. The molecule has 75 valence electrons. The zero-order chi connectivity index (χ0) is 10.2. The summed E-state index contributed by atoms with van der Waals surface area (Å²) in [6.07, 6.45) is 3.63. The highest BCUT2D eigenvalue weighted by Gasteiger charge is 2.19. The zero-order valence-corrected chi connectivity index (χ0v) is 8.47. The van der Waals surface area contributed by atoms with Crippen LogP contribution in [0.15, 0.2) is 17.0 Å². The van der Waals surface area contributed by atoms with Crippen molar-refractivity contribution in [2.24, 2.45) is 0 Å². The molecule has 0 heterocycles. The third-order valence-corrected chi connectivity index (χ3v) is 3.47. The largest absolute Gasteiger partial charge is 0.294 e. The number of rotatable bonds is 1. The molecule has 0 aliphatic heterocycles. The van der Waals surface area contributed by atoms with Gasteiger partial charge in [-0.05, 0) is 48.9 Å². The van der Waals surface area contributed by atoms with Gasteiger partial charge in [0.05, 0.1) is 4.90 Å². The smallest absolute Gasteiger partial charge is 0.282 e. The lowest BCUT2D eigenvalue weighted by molar-refractivity contribution is 0.481. The SMILES string of the molecule is O=S(=O)(O)c1cc[c]c2c1CCCC2. The van der Waals surface area contributed by atoms with Crippen molar-refractivity contribution < 1.29 is 13.0 Å². The standard InChI is InChI=1S/C10H11O3S/c11-14(12,13)10-7-3-5-8-4-1-2-6-9(8)10/h3,7H,1-2,4,6H2,(H,11,12,13). The number of aryl methyl sites for hydroxylation is 1. The number of benzene rings is 1. The first-order valence-electron chi connectivity index (χ1n) is 4.59. The molecular formula is C10H11O3S. The van der Waals surface area contributed by atoms with Crippen molar-refractivity contribution in [2.75, 3.05) is 0 Å². The highest BCUT2D eigenvalue weighted by Crippen LogP contribution is 2.26. The zero-order valence-electron chi connectivity index (χ0n) is 7.66. The normalized spacial score (nSPS) is 16.4. The molecule has 1 aromatic rings. The Labute approximate surface area is 83.5 Å². The molecule has 0 spiro atoms. The summed E-state index contributed by atoms with van der Waals surface area (Å²) in [6.45, 7) is 0. The van der Waals surface area contributed by atoms with E-state index in [1.165, 1.54) is 6.07 Å². The van der Waals surface area contributed by atoms with E-state index in [1.54, 1.807) is 6.07 Å². The predicted octanol–water partition coefficient (Wildman–Crippen LogP) is 1.61. The van der Waals surface area contributed by atoms with Crippen molar-refractivity contribution in [1.29, 1.82) is 0 Å². The van der Waals surface area contributed by atoms with E-state index >= 15 is 0 Å². The van der Waals surface area contributed by atoms with Gasteiger partial charge in [0.15, 0.2) is 0 Å². The average Bonchev–Trinajstić information content (AvgIpc) is 2.15. The van der Waals surface area contributed by atoms with E-state index in [0.717, 1.165) is 36.8 Å². The summed E-state index contributed by atoms with van der Waals surface area (Å²) < 4.78 is 31.1. The fourth-order valence-electron chi connectivity index (χ4n) is 1.90. The molecule has 0 atom stereocenters. The minimum Gasteiger partial charge on any atom is -0.282 e. The van der Waals surface area contributed by atoms with E-state index in [4.69, 9.17) is 4.55 Å². The molecule has 0 unspecified atom stereocenters.